The van der Waals surface area contributed by atoms with E-state index in [4.69, 9.17) is 5.26 Å². The second-order valence-corrected chi connectivity index (χ2v) is 4.97. The van der Waals surface area contributed by atoms with Crippen LogP contribution in [0.1, 0.15) is 23.9 Å². The van der Waals surface area contributed by atoms with E-state index in [0.29, 0.717) is 12.1 Å². The topological polar surface area (TPSA) is 53.6 Å². The van der Waals surface area contributed by atoms with Crippen molar-refractivity contribution >= 4 is 21.6 Å². The van der Waals surface area contributed by atoms with Crippen molar-refractivity contribution < 1.29 is 0 Å². The molecule has 0 saturated carbocycles. The van der Waals surface area contributed by atoms with Crippen molar-refractivity contribution in [1.82, 2.24) is 9.78 Å². The van der Waals surface area contributed by atoms with Gasteiger partial charge in [0.25, 0.3) is 0 Å². The van der Waals surface area contributed by atoms with Crippen LogP contribution in [-0.4, -0.2) is 9.78 Å². The number of anilines is 1. The van der Waals surface area contributed by atoms with Gasteiger partial charge in [-0.05, 0) is 41.9 Å². The van der Waals surface area contributed by atoms with Gasteiger partial charge in [0.15, 0.2) is 0 Å². The number of hydrogen-bond acceptors (Lipinski definition) is 3. The lowest BCUT2D eigenvalue weighted by Gasteiger charge is -2.10. The molecule has 0 atom stereocenters. The first-order chi connectivity index (χ1) is 9.17. The number of halogens is 1. The van der Waals surface area contributed by atoms with Crippen LogP contribution in [0.25, 0.3) is 0 Å². The summed E-state index contributed by atoms with van der Waals surface area (Å²) in [6.45, 7) is 5.49. The highest BCUT2D eigenvalue weighted by atomic mass is 79.9. The second kappa shape index (κ2) is 5.89. The molecule has 0 aliphatic carbocycles. The molecule has 19 heavy (non-hydrogen) atoms. The van der Waals surface area contributed by atoms with Gasteiger partial charge in [-0.3, -0.25) is 4.68 Å². The van der Waals surface area contributed by atoms with Crippen molar-refractivity contribution in [3.05, 3.63) is 45.7 Å². The lowest BCUT2D eigenvalue weighted by Crippen LogP contribution is -2.09. The van der Waals surface area contributed by atoms with Crippen LogP contribution in [0, 0.1) is 18.3 Å². The maximum atomic E-state index is 9.06. The van der Waals surface area contributed by atoms with Gasteiger partial charge >= 0.3 is 0 Å². The molecule has 1 heterocycles. The Bertz CT molecular complexity index is 625. The Hall–Kier alpha value is -1.80. The average molecular weight is 319 g/mol. The van der Waals surface area contributed by atoms with Crippen LogP contribution in [0.2, 0.25) is 0 Å². The third-order valence-corrected chi connectivity index (χ3v) is 3.98. The van der Waals surface area contributed by atoms with Crippen LogP contribution in [0.3, 0.4) is 0 Å². The molecule has 0 unspecified atom stereocenters. The fourth-order valence-electron chi connectivity index (χ4n) is 1.95. The number of nitrogens with zero attached hydrogens (tertiary/aromatic N) is 3. The number of aromatic nitrogens is 2. The lowest BCUT2D eigenvalue weighted by molar-refractivity contribution is 0.622. The van der Waals surface area contributed by atoms with Crippen molar-refractivity contribution in [2.24, 2.45) is 0 Å². The van der Waals surface area contributed by atoms with Crippen LogP contribution in [0.4, 0.5) is 5.69 Å². The van der Waals surface area contributed by atoms with Crippen LogP contribution in [0.5, 0.6) is 0 Å². The molecule has 98 valence electrons. The molecule has 2 rings (SSSR count). The first kappa shape index (κ1) is 13.6. The van der Waals surface area contributed by atoms with Crippen molar-refractivity contribution in [2.45, 2.75) is 26.9 Å². The molecule has 0 aliphatic rings. The van der Waals surface area contributed by atoms with E-state index in [1.54, 1.807) is 6.07 Å². The minimum atomic E-state index is 0.633. The third kappa shape index (κ3) is 2.79. The third-order valence-electron chi connectivity index (χ3n) is 2.95. The molecule has 2 aromatic rings. The SMILES string of the molecule is CCn1nc(C)c(Br)c1CNc1ccccc1C#N. The molecule has 0 spiro atoms. The number of nitriles is 1. The van der Waals surface area contributed by atoms with Gasteiger partial charge in [-0.15, -0.1) is 0 Å². The Morgan fingerprint density at radius 3 is 2.84 bits per heavy atom. The summed E-state index contributed by atoms with van der Waals surface area (Å²) in [5.41, 5.74) is 3.57. The zero-order chi connectivity index (χ0) is 13.8. The van der Waals surface area contributed by atoms with E-state index in [1.807, 2.05) is 29.8 Å². The number of nitrogens with one attached hydrogen (secondary N) is 1. The molecule has 0 saturated heterocycles. The molecule has 0 radical (unpaired) electrons. The Kier molecular flexibility index (Phi) is 4.23. The van der Waals surface area contributed by atoms with Gasteiger partial charge in [-0.2, -0.15) is 10.4 Å². The normalized spacial score (nSPS) is 10.2. The maximum Gasteiger partial charge on any atom is 0.101 e. The van der Waals surface area contributed by atoms with Crippen molar-refractivity contribution in [3.63, 3.8) is 0 Å². The van der Waals surface area contributed by atoms with E-state index in [9.17, 15) is 0 Å². The molecule has 0 fully saturated rings. The smallest absolute Gasteiger partial charge is 0.101 e. The molecule has 1 N–H and O–H groups in total. The molecule has 1 aromatic heterocycles. The Morgan fingerprint density at radius 1 is 1.42 bits per heavy atom. The predicted molar refractivity (Wildman–Crippen MR) is 78.8 cm³/mol. The molecular formula is C14H15BrN4. The first-order valence-corrected chi connectivity index (χ1v) is 6.91. The van der Waals surface area contributed by atoms with Gasteiger partial charge in [-0.25, -0.2) is 0 Å². The summed E-state index contributed by atoms with van der Waals surface area (Å²) in [6, 6.07) is 9.68. The number of para-hydroxylation sites is 1. The number of rotatable bonds is 4. The lowest BCUT2D eigenvalue weighted by atomic mass is 10.2. The second-order valence-electron chi connectivity index (χ2n) is 4.17. The highest BCUT2D eigenvalue weighted by Gasteiger charge is 2.12. The van der Waals surface area contributed by atoms with E-state index in [0.717, 1.165) is 28.1 Å². The summed E-state index contributed by atoms with van der Waals surface area (Å²) in [5.74, 6) is 0. The summed E-state index contributed by atoms with van der Waals surface area (Å²) in [7, 11) is 0. The summed E-state index contributed by atoms with van der Waals surface area (Å²) in [4.78, 5) is 0. The van der Waals surface area contributed by atoms with Crippen LogP contribution >= 0.6 is 15.9 Å². The molecule has 5 heteroatoms. The van der Waals surface area contributed by atoms with E-state index in [-0.39, 0.29) is 0 Å². The molecule has 0 amide bonds. The highest BCUT2D eigenvalue weighted by Crippen LogP contribution is 2.23. The minimum Gasteiger partial charge on any atom is -0.378 e. The van der Waals surface area contributed by atoms with Crippen molar-refractivity contribution in [1.29, 1.82) is 5.26 Å². The highest BCUT2D eigenvalue weighted by molar-refractivity contribution is 9.10. The molecule has 0 aliphatic heterocycles. The zero-order valence-electron chi connectivity index (χ0n) is 10.9. The van der Waals surface area contributed by atoms with E-state index < -0.39 is 0 Å². The van der Waals surface area contributed by atoms with E-state index in [2.05, 4.69) is 39.3 Å². The van der Waals surface area contributed by atoms with Crippen LogP contribution in [0.15, 0.2) is 28.7 Å². The van der Waals surface area contributed by atoms with Crippen molar-refractivity contribution in [2.75, 3.05) is 5.32 Å². The standard InChI is InChI=1S/C14H15BrN4/c1-3-19-13(14(15)10(2)18-19)9-17-12-7-5-4-6-11(12)8-16/h4-7,17H,3,9H2,1-2H3. The first-order valence-electron chi connectivity index (χ1n) is 6.12. The fourth-order valence-corrected chi connectivity index (χ4v) is 2.38. The summed E-state index contributed by atoms with van der Waals surface area (Å²) in [6.07, 6.45) is 0. The molecule has 0 bridgehead atoms. The van der Waals surface area contributed by atoms with Gasteiger partial charge in [-0.1, -0.05) is 12.1 Å². The largest absolute Gasteiger partial charge is 0.378 e. The van der Waals surface area contributed by atoms with E-state index in [1.165, 1.54) is 0 Å². The van der Waals surface area contributed by atoms with Gasteiger partial charge in [0.1, 0.15) is 6.07 Å². The number of aryl methyl sites for hydroxylation is 2. The molecular weight excluding hydrogens is 304 g/mol. The number of hydrogen-bond donors (Lipinski definition) is 1. The van der Waals surface area contributed by atoms with Gasteiger partial charge < -0.3 is 5.32 Å². The summed E-state index contributed by atoms with van der Waals surface area (Å²) < 4.78 is 2.98. The minimum absolute atomic E-state index is 0.633. The van der Waals surface area contributed by atoms with Crippen molar-refractivity contribution in [3.8, 4) is 6.07 Å². The van der Waals surface area contributed by atoms with Crippen LogP contribution in [-0.2, 0) is 13.1 Å². The molecule has 4 nitrogen and oxygen atoms in total. The van der Waals surface area contributed by atoms with Gasteiger partial charge in [0.05, 0.1) is 33.7 Å². The fraction of sp³-hybridized carbons (Fsp3) is 0.286. The van der Waals surface area contributed by atoms with E-state index >= 15 is 0 Å². The summed E-state index contributed by atoms with van der Waals surface area (Å²) in [5, 5.41) is 16.8. The zero-order valence-corrected chi connectivity index (χ0v) is 12.5. The average Bonchev–Trinajstić information content (AvgIpc) is 2.72. The Labute approximate surface area is 121 Å². The molecule has 1 aromatic carbocycles. The maximum absolute atomic E-state index is 9.06. The Balaban J connectivity index is 2.22. The Morgan fingerprint density at radius 2 is 2.16 bits per heavy atom. The quantitative estimate of drug-likeness (QED) is 0.939. The van der Waals surface area contributed by atoms with Gasteiger partial charge in [0, 0.05) is 6.54 Å². The monoisotopic (exact) mass is 318 g/mol. The number of benzene rings is 1. The summed E-state index contributed by atoms with van der Waals surface area (Å²) >= 11 is 3.56. The predicted octanol–water partition coefficient (Wildman–Crippen LogP) is 3.46. The van der Waals surface area contributed by atoms with Crippen LogP contribution < -0.4 is 5.32 Å². The van der Waals surface area contributed by atoms with Gasteiger partial charge in [0.2, 0.25) is 0 Å².